The molecular weight excluding hydrogens is 212 g/mol. The van der Waals surface area contributed by atoms with Crippen molar-refractivity contribution in [2.24, 2.45) is 0 Å². The molecule has 68 valence electrons. The first kappa shape index (κ1) is 8.15. The molecule has 0 unspecified atom stereocenters. The summed E-state index contributed by atoms with van der Waals surface area (Å²) in [5.74, 6) is 0. The maximum absolute atomic E-state index is 10.6. The number of hydrogen-bond donors (Lipinski definition) is 0. The minimum absolute atomic E-state index is 0.817. The summed E-state index contributed by atoms with van der Waals surface area (Å²) in [6.07, 6.45) is 0.923. The fourth-order valence-corrected chi connectivity index (χ4v) is 3.93. The van der Waals surface area contributed by atoms with Gasteiger partial charge in [-0.25, -0.2) is 0 Å². The number of benzene rings is 1. The Kier molecular flexibility index (Phi) is 1.69. The Balaban J connectivity index is 2.50. The minimum Gasteiger partial charge on any atom is -0.297 e. The van der Waals surface area contributed by atoms with E-state index in [4.69, 9.17) is 0 Å². The molecule has 3 heteroatoms. The van der Waals surface area contributed by atoms with Gasteiger partial charge in [0, 0.05) is 14.8 Å². The van der Waals surface area contributed by atoms with E-state index in [1.165, 1.54) is 19.5 Å². The maximum Gasteiger partial charge on any atom is 0.160 e. The van der Waals surface area contributed by atoms with Crippen LogP contribution in [-0.2, 0) is 0 Å². The lowest BCUT2D eigenvalue weighted by molar-refractivity contribution is 0.112. The van der Waals surface area contributed by atoms with Crippen LogP contribution in [0.25, 0.3) is 19.5 Å². The van der Waals surface area contributed by atoms with Gasteiger partial charge in [0.2, 0.25) is 0 Å². The second-order valence-electron chi connectivity index (χ2n) is 3.06. The number of thiophene rings is 2. The summed E-state index contributed by atoms with van der Waals surface area (Å²) in [6.45, 7) is 0. The normalized spacial score (nSPS) is 11.1. The molecule has 0 atom stereocenters. The first-order chi connectivity index (χ1) is 6.88. The van der Waals surface area contributed by atoms with E-state index in [0.717, 1.165) is 11.2 Å². The van der Waals surface area contributed by atoms with Gasteiger partial charge >= 0.3 is 0 Å². The van der Waals surface area contributed by atoms with Crippen molar-refractivity contribution < 1.29 is 4.79 Å². The lowest BCUT2D eigenvalue weighted by Crippen LogP contribution is -1.63. The van der Waals surface area contributed by atoms with Crippen LogP contribution in [0.5, 0.6) is 0 Å². The number of fused-ring (bicyclic) bond motifs is 3. The van der Waals surface area contributed by atoms with Crippen LogP contribution < -0.4 is 0 Å². The van der Waals surface area contributed by atoms with Gasteiger partial charge in [-0.05, 0) is 12.1 Å². The van der Waals surface area contributed by atoms with E-state index in [0.29, 0.717) is 0 Å². The van der Waals surface area contributed by atoms with Crippen molar-refractivity contribution in [3.8, 4) is 0 Å². The summed E-state index contributed by atoms with van der Waals surface area (Å²) < 4.78 is 3.76. The van der Waals surface area contributed by atoms with E-state index in [1.807, 2.05) is 18.2 Å². The molecule has 2 heterocycles. The van der Waals surface area contributed by atoms with Gasteiger partial charge in [-0.3, -0.25) is 4.79 Å². The van der Waals surface area contributed by atoms with E-state index < -0.39 is 0 Å². The Morgan fingerprint density at radius 1 is 1.07 bits per heavy atom. The van der Waals surface area contributed by atoms with Crippen LogP contribution in [0, 0.1) is 0 Å². The molecule has 0 aliphatic rings. The van der Waals surface area contributed by atoms with Crippen LogP contribution in [0.3, 0.4) is 0 Å². The fourth-order valence-electron chi connectivity index (χ4n) is 1.58. The van der Waals surface area contributed by atoms with Crippen LogP contribution in [0.15, 0.2) is 30.3 Å². The molecular formula is C11H6OS2. The molecule has 2 aromatic heterocycles. The van der Waals surface area contributed by atoms with Crippen molar-refractivity contribution in [3.63, 3.8) is 0 Å². The van der Waals surface area contributed by atoms with Crippen molar-refractivity contribution in [2.45, 2.75) is 0 Å². The SMILES string of the molecule is O=Cc1cc2sc3ccccc3c2s1. The Hall–Kier alpha value is -1.19. The lowest BCUT2D eigenvalue weighted by Gasteiger charge is -1.85. The summed E-state index contributed by atoms with van der Waals surface area (Å²) in [5.41, 5.74) is 0. The molecule has 0 aliphatic heterocycles. The Labute approximate surface area is 88.6 Å². The van der Waals surface area contributed by atoms with Crippen LogP contribution in [-0.4, -0.2) is 6.29 Å². The summed E-state index contributed by atoms with van der Waals surface area (Å²) in [5, 5.41) is 1.27. The van der Waals surface area contributed by atoms with Gasteiger partial charge in [-0.1, -0.05) is 18.2 Å². The third-order valence-electron chi connectivity index (χ3n) is 2.18. The summed E-state index contributed by atoms with van der Waals surface area (Å²) in [6, 6.07) is 10.3. The Bertz CT molecular complexity index is 618. The van der Waals surface area contributed by atoms with Gasteiger partial charge in [0.15, 0.2) is 6.29 Å². The van der Waals surface area contributed by atoms with E-state index in [-0.39, 0.29) is 0 Å². The Morgan fingerprint density at radius 2 is 1.93 bits per heavy atom. The number of carbonyl (C=O) groups is 1. The van der Waals surface area contributed by atoms with Gasteiger partial charge in [0.05, 0.1) is 9.58 Å². The van der Waals surface area contributed by atoms with Crippen molar-refractivity contribution in [1.82, 2.24) is 0 Å². The molecule has 0 saturated heterocycles. The third kappa shape index (κ3) is 1.03. The van der Waals surface area contributed by atoms with Crippen LogP contribution >= 0.6 is 22.7 Å². The van der Waals surface area contributed by atoms with Gasteiger partial charge in [0.1, 0.15) is 0 Å². The molecule has 3 aromatic rings. The highest BCUT2D eigenvalue weighted by atomic mass is 32.1. The summed E-state index contributed by atoms with van der Waals surface area (Å²) >= 11 is 3.33. The van der Waals surface area contributed by atoms with Crippen molar-refractivity contribution >= 4 is 48.4 Å². The predicted molar refractivity (Wildman–Crippen MR) is 62.6 cm³/mol. The van der Waals surface area contributed by atoms with Gasteiger partial charge < -0.3 is 0 Å². The fraction of sp³-hybridized carbons (Fsp3) is 0. The molecule has 0 saturated carbocycles. The van der Waals surface area contributed by atoms with Crippen LogP contribution in [0.4, 0.5) is 0 Å². The average molecular weight is 218 g/mol. The molecule has 0 fully saturated rings. The molecule has 1 nitrogen and oxygen atoms in total. The largest absolute Gasteiger partial charge is 0.297 e. The molecule has 0 bridgehead atoms. The van der Waals surface area contributed by atoms with Gasteiger partial charge in [-0.15, -0.1) is 22.7 Å². The molecule has 3 rings (SSSR count). The van der Waals surface area contributed by atoms with E-state index in [2.05, 4.69) is 12.1 Å². The average Bonchev–Trinajstić information content (AvgIpc) is 2.73. The molecule has 0 spiro atoms. The topological polar surface area (TPSA) is 17.1 Å². The number of rotatable bonds is 1. The molecule has 0 radical (unpaired) electrons. The zero-order valence-corrected chi connectivity index (χ0v) is 8.82. The van der Waals surface area contributed by atoms with Gasteiger partial charge in [0.25, 0.3) is 0 Å². The second-order valence-corrected chi connectivity index (χ2v) is 5.23. The van der Waals surface area contributed by atoms with Crippen molar-refractivity contribution in [1.29, 1.82) is 0 Å². The molecule has 0 aliphatic carbocycles. The molecule has 0 N–H and O–H groups in total. The van der Waals surface area contributed by atoms with Crippen molar-refractivity contribution in [2.75, 3.05) is 0 Å². The van der Waals surface area contributed by atoms with E-state index >= 15 is 0 Å². The lowest BCUT2D eigenvalue weighted by atomic mass is 10.2. The monoisotopic (exact) mass is 218 g/mol. The van der Waals surface area contributed by atoms with Gasteiger partial charge in [-0.2, -0.15) is 0 Å². The second kappa shape index (κ2) is 2.90. The quantitative estimate of drug-likeness (QED) is 0.566. The van der Waals surface area contributed by atoms with E-state index in [1.54, 1.807) is 22.7 Å². The maximum atomic E-state index is 10.6. The number of hydrogen-bond acceptors (Lipinski definition) is 3. The van der Waals surface area contributed by atoms with Crippen LogP contribution in [0.1, 0.15) is 9.67 Å². The highest BCUT2D eigenvalue weighted by molar-refractivity contribution is 7.33. The Morgan fingerprint density at radius 3 is 2.79 bits per heavy atom. The summed E-state index contributed by atoms with van der Waals surface area (Å²) in [4.78, 5) is 11.4. The predicted octanol–water partition coefficient (Wildman–Crippen LogP) is 3.93. The highest BCUT2D eigenvalue weighted by Gasteiger charge is 2.07. The third-order valence-corrected chi connectivity index (χ3v) is 4.53. The molecule has 1 aromatic carbocycles. The standard InChI is InChI=1S/C11H6OS2/c12-6-7-5-10-11(13-7)8-3-1-2-4-9(8)14-10/h1-6H. The van der Waals surface area contributed by atoms with Crippen LogP contribution in [0.2, 0.25) is 0 Å². The minimum atomic E-state index is 0.817. The molecule has 14 heavy (non-hydrogen) atoms. The first-order valence-corrected chi connectivity index (χ1v) is 5.88. The smallest absolute Gasteiger partial charge is 0.160 e. The van der Waals surface area contributed by atoms with Crippen molar-refractivity contribution in [3.05, 3.63) is 35.2 Å². The first-order valence-electron chi connectivity index (χ1n) is 4.25. The zero-order chi connectivity index (χ0) is 9.54. The number of carbonyl (C=O) groups excluding carboxylic acids is 1. The molecule has 0 amide bonds. The highest BCUT2D eigenvalue weighted by Crippen LogP contribution is 2.38. The van der Waals surface area contributed by atoms with E-state index in [9.17, 15) is 4.79 Å². The number of aldehydes is 1. The summed E-state index contributed by atoms with van der Waals surface area (Å²) in [7, 11) is 0. The zero-order valence-electron chi connectivity index (χ0n) is 7.19.